The number of hydrogen-bond donors (Lipinski definition) is 2. The molecule has 0 amide bonds. The number of nitrogens with two attached hydrogens (primary N) is 1. The largest absolute Gasteiger partial charge is 0.381 e. The maximum Gasteiger partial charge on any atom is 0.0731 e. The van der Waals surface area contributed by atoms with Gasteiger partial charge in [-0.3, -0.25) is 0 Å². The van der Waals surface area contributed by atoms with Crippen LogP contribution in [-0.2, 0) is 0 Å². The molecule has 84 valence electrons. The van der Waals surface area contributed by atoms with E-state index in [0.29, 0.717) is 6.54 Å². The van der Waals surface area contributed by atoms with Crippen LogP contribution in [0.15, 0.2) is 36.7 Å². The number of aromatic nitrogens is 2. The van der Waals surface area contributed by atoms with Crippen LogP contribution in [0.25, 0.3) is 5.69 Å². The number of hydrogen-bond acceptors (Lipinski definition) is 3. The zero-order valence-electron chi connectivity index (χ0n) is 8.73. The van der Waals surface area contributed by atoms with Gasteiger partial charge in [0.2, 0.25) is 0 Å². The summed E-state index contributed by atoms with van der Waals surface area (Å²) in [5, 5.41) is 8.12. The second-order valence-electron chi connectivity index (χ2n) is 3.37. The summed E-state index contributed by atoms with van der Waals surface area (Å²) >= 11 is 5.82. The minimum absolute atomic E-state index is 0.603. The fraction of sp³-hybridized carbons (Fsp3) is 0.182. The van der Waals surface area contributed by atoms with E-state index in [4.69, 9.17) is 17.3 Å². The van der Waals surface area contributed by atoms with E-state index in [1.807, 2.05) is 30.5 Å². The zero-order chi connectivity index (χ0) is 11.4. The zero-order valence-corrected chi connectivity index (χ0v) is 9.48. The smallest absolute Gasteiger partial charge is 0.0731 e. The fourth-order valence-corrected chi connectivity index (χ4v) is 1.49. The van der Waals surface area contributed by atoms with Crippen LogP contribution in [0.2, 0.25) is 5.02 Å². The van der Waals surface area contributed by atoms with Crippen molar-refractivity contribution in [2.75, 3.05) is 18.4 Å². The molecule has 2 rings (SSSR count). The summed E-state index contributed by atoms with van der Waals surface area (Å²) in [6.07, 6.45) is 3.68. The fourth-order valence-electron chi connectivity index (χ4n) is 1.37. The van der Waals surface area contributed by atoms with Crippen molar-refractivity contribution < 1.29 is 0 Å². The Kier molecular flexibility index (Phi) is 3.44. The molecule has 0 spiro atoms. The second-order valence-corrected chi connectivity index (χ2v) is 3.80. The highest BCUT2D eigenvalue weighted by molar-refractivity contribution is 6.30. The quantitative estimate of drug-likeness (QED) is 0.853. The first kappa shape index (κ1) is 11.0. The number of benzene rings is 1. The van der Waals surface area contributed by atoms with Crippen molar-refractivity contribution in [1.82, 2.24) is 9.78 Å². The van der Waals surface area contributed by atoms with Gasteiger partial charge >= 0.3 is 0 Å². The minimum Gasteiger partial charge on any atom is -0.381 e. The van der Waals surface area contributed by atoms with Crippen LogP contribution in [0.4, 0.5) is 5.69 Å². The molecule has 3 N–H and O–H groups in total. The van der Waals surface area contributed by atoms with Gasteiger partial charge in [0, 0.05) is 18.1 Å². The monoisotopic (exact) mass is 236 g/mol. The molecular formula is C11H13ClN4. The lowest BCUT2D eigenvalue weighted by molar-refractivity contribution is 0.880. The Bertz CT molecular complexity index is 449. The average Bonchev–Trinajstić information content (AvgIpc) is 2.76. The average molecular weight is 237 g/mol. The molecule has 0 aliphatic heterocycles. The molecule has 0 aliphatic carbocycles. The number of nitrogens with one attached hydrogen (secondary N) is 1. The van der Waals surface area contributed by atoms with Gasteiger partial charge in [-0.1, -0.05) is 11.6 Å². The Hall–Kier alpha value is -1.52. The van der Waals surface area contributed by atoms with Gasteiger partial charge in [0.1, 0.15) is 0 Å². The molecule has 0 radical (unpaired) electrons. The number of halogens is 1. The van der Waals surface area contributed by atoms with E-state index in [1.165, 1.54) is 0 Å². The minimum atomic E-state index is 0.603. The summed E-state index contributed by atoms with van der Waals surface area (Å²) in [7, 11) is 0. The first-order valence-electron chi connectivity index (χ1n) is 5.04. The van der Waals surface area contributed by atoms with Crippen molar-refractivity contribution in [2.45, 2.75) is 0 Å². The summed E-state index contributed by atoms with van der Waals surface area (Å²) in [4.78, 5) is 0. The van der Waals surface area contributed by atoms with E-state index in [9.17, 15) is 0 Å². The molecule has 1 aromatic heterocycles. The summed E-state index contributed by atoms with van der Waals surface area (Å²) < 4.78 is 1.79. The maximum absolute atomic E-state index is 5.82. The summed E-state index contributed by atoms with van der Waals surface area (Å²) in [6, 6.07) is 7.52. The number of nitrogens with zero attached hydrogens (tertiary/aromatic N) is 2. The summed E-state index contributed by atoms with van der Waals surface area (Å²) in [5.41, 5.74) is 7.34. The normalized spacial score (nSPS) is 10.4. The van der Waals surface area contributed by atoms with Crippen LogP contribution in [0.3, 0.4) is 0 Å². The lowest BCUT2D eigenvalue weighted by Gasteiger charge is -2.01. The van der Waals surface area contributed by atoms with Crippen LogP contribution in [-0.4, -0.2) is 22.9 Å². The lowest BCUT2D eigenvalue weighted by atomic mass is 10.3. The highest BCUT2D eigenvalue weighted by atomic mass is 35.5. The molecule has 0 unspecified atom stereocenters. The van der Waals surface area contributed by atoms with Crippen LogP contribution in [0.5, 0.6) is 0 Å². The van der Waals surface area contributed by atoms with Gasteiger partial charge in [0.05, 0.1) is 23.8 Å². The molecule has 1 heterocycles. The molecule has 0 fully saturated rings. The third-order valence-electron chi connectivity index (χ3n) is 2.15. The third-order valence-corrected chi connectivity index (χ3v) is 2.40. The summed E-state index contributed by atoms with van der Waals surface area (Å²) in [6.45, 7) is 1.35. The molecule has 1 aromatic carbocycles. The molecule has 0 bridgehead atoms. The van der Waals surface area contributed by atoms with Crippen molar-refractivity contribution in [1.29, 1.82) is 0 Å². The van der Waals surface area contributed by atoms with Crippen molar-refractivity contribution in [3.05, 3.63) is 41.7 Å². The van der Waals surface area contributed by atoms with Gasteiger partial charge in [-0.2, -0.15) is 5.10 Å². The van der Waals surface area contributed by atoms with Crippen LogP contribution in [0, 0.1) is 0 Å². The van der Waals surface area contributed by atoms with Gasteiger partial charge in [0.25, 0.3) is 0 Å². The van der Waals surface area contributed by atoms with E-state index >= 15 is 0 Å². The highest BCUT2D eigenvalue weighted by Crippen LogP contribution is 2.14. The molecule has 0 aliphatic rings. The maximum atomic E-state index is 5.82. The summed E-state index contributed by atoms with van der Waals surface area (Å²) in [5.74, 6) is 0. The van der Waals surface area contributed by atoms with E-state index in [2.05, 4.69) is 10.4 Å². The predicted octanol–water partition coefficient (Wildman–Crippen LogP) is 1.90. The van der Waals surface area contributed by atoms with E-state index < -0.39 is 0 Å². The molecular weight excluding hydrogens is 224 g/mol. The second kappa shape index (κ2) is 5.01. The van der Waals surface area contributed by atoms with E-state index in [-0.39, 0.29) is 0 Å². The SMILES string of the molecule is NCCNc1cnn(-c2ccc(Cl)cc2)c1. The van der Waals surface area contributed by atoms with Crippen molar-refractivity contribution >= 4 is 17.3 Å². The van der Waals surface area contributed by atoms with Gasteiger partial charge in [-0.15, -0.1) is 0 Å². The van der Waals surface area contributed by atoms with Crippen molar-refractivity contribution in [3.8, 4) is 5.69 Å². The Morgan fingerprint density at radius 3 is 2.75 bits per heavy atom. The van der Waals surface area contributed by atoms with Crippen LogP contribution >= 0.6 is 11.6 Å². The number of rotatable bonds is 4. The molecule has 0 saturated heterocycles. The third kappa shape index (κ3) is 2.53. The Balaban J connectivity index is 2.15. The highest BCUT2D eigenvalue weighted by Gasteiger charge is 1.99. The van der Waals surface area contributed by atoms with Gasteiger partial charge in [-0.05, 0) is 24.3 Å². The lowest BCUT2D eigenvalue weighted by Crippen LogP contribution is -2.12. The topological polar surface area (TPSA) is 55.9 Å². The predicted molar refractivity (Wildman–Crippen MR) is 66.1 cm³/mol. The molecule has 5 heteroatoms. The van der Waals surface area contributed by atoms with Crippen LogP contribution < -0.4 is 11.1 Å². The van der Waals surface area contributed by atoms with E-state index in [0.717, 1.165) is 22.9 Å². The standard InChI is InChI=1S/C11H13ClN4/c12-9-1-3-11(4-2-9)16-8-10(7-15-16)14-6-5-13/h1-4,7-8,14H,5-6,13H2. The van der Waals surface area contributed by atoms with Gasteiger partial charge in [-0.25, -0.2) is 4.68 Å². The Morgan fingerprint density at radius 2 is 2.06 bits per heavy atom. The van der Waals surface area contributed by atoms with Gasteiger partial charge in [0.15, 0.2) is 0 Å². The molecule has 4 nitrogen and oxygen atoms in total. The molecule has 2 aromatic rings. The Labute approximate surface area is 99.0 Å². The number of anilines is 1. The first-order chi connectivity index (χ1) is 7.79. The van der Waals surface area contributed by atoms with E-state index in [1.54, 1.807) is 10.9 Å². The van der Waals surface area contributed by atoms with Crippen molar-refractivity contribution in [2.24, 2.45) is 5.73 Å². The molecule has 16 heavy (non-hydrogen) atoms. The molecule has 0 saturated carbocycles. The molecule has 0 atom stereocenters. The van der Waals surface area contributed by atoms with Crippen molar-refractivity contribution in [3.63, 3.8) is 0 Å². The first-order valence-corrected chi connectivity index (χ1v) is 5.42. The van der Waals surface area contributed by atoms with Gasteiger partial charge < -0.3 is 11.1 Å². The van der Waals surface area contributed by atoms with Crippen LogP contribution in [0.1, 0.15) is 0 Å². The Morgan fingerprint density at radius 1 is 1.31 bits per heavy atom.